The molecule has 0 aliphatic heterocycles. The number of rotatable bonds is 7. The molecule has 0 aliphatic carbocycles. The molecule has 0 unspecified atom stereocenters. The molecule has 21 heavy (non-hydrogen) atoms. The summed E-state index contributed by atoms with van der Waals surface area (Å²) in [5.41, 5.74) is 0. The quantitative estimate of drug-likeness (QED) is 0.802. The van der Waals surface area contributed by atoms with Crippen LogP contribution in [0.25, 0.3) is 0 Å². The Hall–Kier alpha value is -2.48. The lowest BCUT2D eigenvalue weighted by Crippen LogP contribution is -2.21. The van der Waals surface area contributed by atoms with Gasteiger partial charge in [0, 0.05) is 12.4 Å². The van der Waals surface area contributed by atoms with Crippen LogP contribution in [-0.4, -0.2) is 30.8 Å². The predicted molar refractivity (Wildman–Crippen MR) is 75.2 cm³/mol. The molecule has 1 aromatic carbocycles. The molecule has 8 heteroatoms. The maximum atomic E-state index is 12.1. The lowest BCUT2D eigenvalue weighted by molar-refractivity contribution is -0.137. The molecule has 0 bridgehead atoms. The van der Waals surface area contributed by atoms with Gasteiger partial charge in [-0.05, 0) is 36.4 Å². The fourth-order valence-corrected chi connectivity index (χ4v) is 2.56. The monoisotopic (exact) mass is 310 g/mol. The first-order valence-corrected chi connectivity index (χ1v) is 7.56. The minimum atomic E-state index is -3.67. The van der Waals surface area contributed by atoms with Crippen molar-refractivity contribution in [1.29, 1.82) is 0 Å². The number of carbonyl (C=O) groups is 1. The maximum absolute atomic E-state index is 12.1. The molecule has 1 aromatic heterocycles. The first-order chi connectivity index (χ1) is 9.97. The zero-order chi connectivity index (χ0) is 15.3. The van der Waals surface area contributed by atoms with Gasteiger partial charge in [-0.15, -0.1) is 0 Å². The van der Waals surface area contributed by atoms with Crippen molar-refractivity contribution in [3.05, 3.63) is 48.8 Å². The van der Waals surface area contributed by atoms with Gasteiger partial charge in [0.15, 0.2) is 0 Å². The Morgan fingerprint density at radius 2 is 1.81 bits per heavy atom. The zero-order valence-electron chi connectivity index (χ0n) is 11.0. The molecule has 2 rings (SSSR count). The third-order valence-electron chi connectivity index (χ3n) is 2.55. The molecule has 2 aromatic rings. The van der Waals surface area contributed by atoms with Crippen LogP contribution in [0.5, 0.6) is 5.75 Å². The van der Waals surface area contributed by atoms with E-state index in [4.69, 9.17) is 9.84 Å². The Kier molecular flexibility index (Phi) is 4.49. The number of hydrogen-bond donors (Lipinski definition) is 2. The smallest absolute Gasteiger partial charge is 0.306 e. The van der Waals surface area contributed by atoms with Crippen LogP contribution in [0, 0.1) is 0 Å². The van der Waals surface area contributed by atoms with E-state index in [1.807, 2.05) is 0 Å². The molecule has 0 saturated heterocycles. The molecule has 0 amide bonds. The second-order valence-corrected chi connectivity index (χ2v) is 5.81. The molecular weight excluding hydrogens is 296 g/mol. The number of aromatic nitrogens is 1. The summed E-state index contributed by atoms with van der Waals surface area (Å²) in [4.78, 5) is 12.8. The number of hydrogen-bond acceptors (Lipinski definition) is 4. The number of ether oxygens (including phenoxy) is 1. The summed E-state index contributed by atoms with van der Waals surface area (Å²) >= 11 is 0. The van der Waals surface area contributed by atoms with E-state index in [1.165, 1.54) is 28.9 Å². The molecule has 2 N–H and O–H groups in total. The average Bonchev–Trinajstić information content (AvgIpc) is 2.91. The fourth-order valence-electron chi connectivity index (χ4n) is 1.56. The SMILES string of the molecule is O=C(O)CCOc1ccc(S(=O)(=O)Nn2cccc2)cc1. The number of benzene rings is 1. The molecule has 0 fully saturated rings. The number of aliphatic carboxylic acids is 1. The van der Waals surface area contributed by atoms with Crippen molar-refractivity contribution in [3.8, 4) is 5.75 Å². The van der Waals surface area contributed by atoms with Crippen LogP contribution in [0.3, 0.4) is 0 Å². The van der Waals surface area contributed by atoms with Gasteiger partial charge in [0.25, 0.3) is 10.0 Å². The van der Waals surface area contributed by atoms with Crippen molar-refractivity contribution in [2.45, 2.75) is 11.3 Å². The van der Waals surface area contributed by atoms with Crippen LogP contribution in [0.1, 0.15) is 6.42 Å². The number of carboxylic acids is 1. The lowest BCUT2D eigenvalue weighted by Gasteiger charge is -2.09. The largest absolute Gasteiger partial charge is 0.493 e. The van der Waals surface area contributed by atoms with Crippen molar-refractivity contribution in [1.82, 2.24) is 4.68 Å². The van der Waals surface area contributed by atoms with Crippen molar-refractivity contribution in [3.63, 3.8) is 0 Å². The number of nitrogens with one attached hydrogen (secondary N) is 1. The van der Waals surface area contributed by atoms with Crippen molar-refractivity contribution < 1.29 is 23.1 Å². The summed E-state index contributed by atoms with van der Waals surface area (Å²) < 4.78 is 30.6. The highest BCUT2D eigenvalue weighted by atomic mass is 32.2. The van der Waals surface area contributed by atoms with Gasteiger partial charge < -0.3 is 9.84 Å². The maximum Gasteiger partial charge on any atom is 0.306 e. The number of sulfonamides is 1. The second kappa shape index (κ2) is 6.31. The van der Waals surface area contributed by atoms with E-state index < -0.39 is 16.0 Å². The topological polar surface area (TPSA) is 97.6 Å². The summed E-state index contributed by atoms with van der Waals surface area (Å²) in [6.45, 7) is 0.0308. The van der Waals surface area contributed by atoms with Crippen molar-refractivity contribution >= 4 is 16.0 Å². The normalized spacial score (nSPS) is 11.0. The number of nitrogens with zero attached hydrogens (tertiary/aromatic N) is 1. The molecule has 0 saturated carbocycles. The van der Waals surface area contributed by atoms with E-state index >= 15 is 0 Å². The van der Waals surface area contributed by atoms with Crippen molar-refractivity contribution in [2.75, 3.05) is 11.4 Å². The van der Waals surface area contributed by atoms with E-state index in [-0.39, 0.29) is 17.9 Å². The van der Waals surface area contributed by atoms with Gasteiger partial charge in [0.2, 0.25) is 0 Å². The summed E-state index contributed by atoms with van der Waals surface area (Å²) in [5.74, 6) is -0.540. The van der Waals surface area contributed by atoms with E-state index in [0.717, 1.165) is 0 Å². The van der Waals surface area contributed by atoms with Gasteiger partial charge in [0.1, 0.15) is 5.75 Å². The third-order valence-corrected chi connectivity index (χ3v) is 3.89. The van der Waals surface area contributed by atoms with Gasteiger partial charge in [0.05, 0.1) is 17.9 Å². The molecule has 112 valence electrons. The van der Waals surface area contributed by atoms with Crippen LogP contribution in [0.15, 0.2) is 53.7 Å². The zero-order valence-corrected chi connectivity index (χ0v) is 11.8. The third kappa shape index (κ3) is 4.25. The lowest BCUT2D eigenvalue weighted by atomic mass is 10.3. The summed E-state index contributed by atoms with van der Waals surface area (Å²) in [6, 6.07) is 9.13. The first-order valence-electron chi connectivity index (χ1n) is 6.08. The van der Waals surface area contributed by atoms with E-state index in [1.54, 1.807) is 24.5 Å². The standard InChI is InChI=1S/C13H14N2O5S/c16-13(17)7-10-20-11-3-5-12(6-4-11)21(18,19)14-15-8-1-2-9-15/h1-6,8-9,14H,7,10H2,(H,16,17). The van der Waals surface area contributed by atoms with Gasteiger partial charge in [-0.2, -0.15) is 8.42 Å². The number of carboxylic acid groups (broad SMARTS) is 1. The molecule has 0 aliphatic rings. The second-order valence-electron chi connectivity index (χ2n) is 4.15. The molecule has 1 heterocycles. The summed E-state index contributed by atoms with van der Waals surface area (Å²) in [7, 11) is -3.67. The van der Waals surface area contributed by atoms with Crippen LogP contribution >= 0.6 is 0 Å². The predicted octanol–water partition coefficient (Wildman–Crippen LogP) is 1.27. The van der Waals surface area contributed by atoms with E-state index in [2.05, 4.69) is 4.83 Å². The van der Waals surface area contributed by atoms with E-state index in [9.17, 15) is 13.2 Å². The van der Waals surface area contributed by atoms with Crippen LogP contribution in [0.4, 0.5) is 0 Å². The van der Waals surface area contributed by atoms with Gasteiger partial charge in [-0.3, -0.25) is 9.47 Å². The minimum absolute atomic E-state index is 0.0308. The summed E-state index contributed by atoms with van der Waals surface area (Å²) in [6.07, 6.45) is 3.02. The Morgan fingerprint density at radius 3 is 2.38 bits per heavy atom. The Bertz CT molecular complexity index is 693. The Labute approximate surface area is 121 Å². The average molecular weight is 310 g/mol. The van der Waals surface area contributed by atoms with Gasteiger partial charge >= 0.3 is 5.97 Å². The fraction of sp³-hybridized carbons (Fsp3) is 0.154. The Morgan fingerprint density at radius 1 is 1.19 bits per heavy atom. The van der Waals surface area contributed by atoms with Crippen LogP contribution < -0.4 is 9.57 Å². The Balaban J connectivity index is 2.02. The highest BCUT2D eigenvalue weighted by Gasteiger charge is 2.13. The van der Waals surface area contributed by atoms with Gasteiger partial charge in [-0.1, -0.05) is 0 Å². The van der Waals surface area contributed by atoms with Crippen LogP contribution in [-0.2, 0) is 14.8 Å². The molecule has 7 nitrogen and oxygen atoms in total. The highest BCUT2D eigenvalue weighted by Crippen LogP contribution is 2.16. The minimum Gasteiger partial charge on any atom is -0.493 e. The first kappa shape index (κ1) is 14.9. The van der Waals surface area contributed by atoms with Crippen LogP contribution in [0.2, 0.25) is 0 Å². The molecule has 0 spiro atoms. The molecule has 0 radical (unpaired) electrons. The molecular formula is C13H14N2O5S. The van der Waals surface area contributed by atoms with Gasteiger partial charge in [-0.25, -0.2) is 4.83 Å². The van der Waals surface area contributed by atoms with Crippen molar-refractivity contribution in [2.24, 2.45) is 0 Å². The molecule has 0 atom stereocenters. The highest BCUT2D eigenvalue weighted by molar-refractivity contribution is 7.92. The summed E-state index contributed by atoms with van der Waals surface area (Å²) in [5, 5.41) is 8.49. The van der Waals surface area contributed by atoms with E-state index in [0.29, 0.717) is 5.75 Å².